The van der Waals surface area contributed by atoms with Gasteiger partial charge >= 0.3 is 6.03 Å². The Labute approximate surface area is 161 Å². The molecule has 140 valence electrons. The van der Waals surface area contributed by atoms with Gasteiger partial charge in [-0.2, -0.15) is 4.99 Å². The number of nitrogens with one attached hydrogen (secondary N) is 3. The Kier molecular flexibility index (Phi) is 3.22. The van der Waals surface area contributed by atoms with Crippen molar-refractivity contribution in [2.45, 2.75) is 19.4 Å². The number of nitrogens with zero attached hydrogens (tertiary/aromatic N) is 2. The molecule has 2 aromatic carbocycles. The minimum Gasteiger partial charge on any atom is -0.361 e. The number of anilines is 2. The number of imide groups is 1. The smallest absolute Gasteiger partial charge is 0.349 e. The van der Waals surface area contributed by atoms with Gasteiger partial charge in [-0.25, -0.2) is 4.79 Å². The van der Waals surface area contributed by atoms with E-state index in [0.29, 0.717) is 5.84 Å². The number of amidine groups is 1. The molecule has 1 atom stereocenters. The lowest BCUT2D eigenvalue weighted by Crippen LogP contribution is -2.65. The highest BCUT2D eigenvalue weighted by Crippen LogP contribution is 2.44. The first-order valence-electron chi connectivity index (χ1n) is 9.06. The molecule has 3 N–H and O–H groups in total. The minimum atomic E-state index is -1.31. The van der Waals surface area contributed by atoms with Crippen molar-refractivity contribution in [2.24, 2.45) is 4.99 Å². The summed E-state index contributed by atoms with van der Waals surface area (Å²) < 4.78 is 0. The minimum absolute atomic E-state index is 0.363. The first kappa shape index (κ1) is 16.6. The second-order valence-electron chi connectivity index (χ2n) is 7.33. The highest BCUT2D eigenvalue weighted by atomic mass is 16.2. The number of aryl methyl sites for hydroxylation is 2. The molecule has 5 rings (SSSR count). The summed E-state index contributed by atoms with van der Waals surface area (Å²) in [4.78, 5) is 34.7. The van der Waals surface area contributed by atoms with Gasteiger partial charge in [-0.15, -0.1) is 0 Å². The molecule has 7 heteroatoms. The summed E-state index contributed by atoms with van der Waals surface area (Å²) in [7, 11) is 1.84. The summed E-state index contributed by atoms with van der Waals surface area (Å²) in [5.74, 6) is -0.0789. The molecule has 0 fully saturated rings. The molecule has 28 heavy (non-hydrogen) atoms. The molecular weight excluding hydrogens is 354 g/mol. The van der Waals surface area contributed by atoms with Crippen LogP contribution in [0.4, 0.5) is 16.2 Å². The molecular formula is C21H19N5O2. The summed E-state index contributed by atoms with van der Waals surface area (Å²) in [6, 6.07) is 11.2. The molecule has 1 unspecified atom stereocenters. The Balaban J connectivity index is 1.85. The van der Waals surface area contributed by atoms with Crippen LogP contribution in [-0.2, 0) is 10.3 Å². The van der Waals surface area contributed by atoms with Gasteiger partial charge < -0.3 is 15.2 Å². The van der Waals surface area contributed by atoms with E-state index in [2.05, 4.69) is 20.6 Å². The van der Waals surface area contributed by atoms with Crippen LogP contribution in [-0.4, -0.2) is 29.8 Å². The largest absolute Gasteiger partial charge is 0.361 e. The molecule has 0 saturated heterocycles. The summed E-state index contributed by atoms with van der Waals surface area (Å²) in [5.41, 5.74) is 4.25. The lowest BCUT2D eigenvalue weighted by Gasteiger charge is -2.45. The fourth-order valence-electron chi connectivity index (χ4n) is 4.13. The van der Waals surface area contributed by atoms with Gasteiger partial charge in [0.05, 0.1) is 11.4 Å². The van der Waals surface area contributed by atoms with E-state index < -0.39 is 17.5 Å². The van der Waals surface area contributed by atoms with E-state index in [-0.39, 0.29) is 0 Å². The Morgan fingerprint density at radius 3 is 2.64 bits per heavy atom. The number of aromatic nitrogens is 1. The average molecular weight is 373 g/mol. The van der Waals surface area contributed by atoms with Crippen LogP contribution in [0.15, 0.2) is 47.6 Å². The van der Waals surface area contributed by atoms with Crippen molar-refractivity contribution in [3.63, 3.8) is 0 Å². The van der Waals surface area contributed by atoms with Gasteiger partial charge in [0.2, 0.25) is 5.54 Å². The number of aromatic amines is 1. The van der Waals surface area contributed by atoms with Crippen LogP contribution in [0.3, 0.4) is 0 Å². The summed E-state index contributed by atoms with van der Waals surface area (Å²) in [5, 5.41) is 6.70. The van der Waals surface area contributed by atoms with Crippen LogP contribution in [0.25, 0.3) is 10.9 Å². The number of hydrogen-bond donors (Lipinski definition) is 3. The standard InChI is InChI=1S/C21H19N5O2/c1-11-8-16-17(9-12(11)2)26(3)18-21(25-16,19(27)24-20(28)23-18)14-10-22-15-7-5-4-6-13(14)15/h4-10,22,25H,1-3H3,(H,24,27,28). The fourth-order valence-corrected chi connectivity index (χ4v) is 4.13. The third-order valence-electron chi connectivity index (χ3n) is 5.71. The average Bonchev–Trinajstić information content (AvgIpc) is 3.09. The van der Waals surface area contributed by atoms with Crippen LogP contribution < -0.4 is 15.5 Å². The van der Waals surface area contributed by atoms with Crippen LogP contribution in [0.1, 0.15) is 16.7 Å². The molecule has 0 bridgehead atoms. The van der Waals surface area contributed by atoms with Crippen molar-refractivity contribution in [3.05, 3.63) is 59.3 Å². The summed E-state index contributed by atoms with van der Waals surface area (Å²) in [6.45, 7) is 4.06. The molecule has 7 nitrogen and oxygen atoms in total. The van der Waals surface area contributed by atoms with Crippen molar-refractivity contribution in [1.29, 1.82) is 0 Å². The van der Waals surface area contributed by atoms with E-state index >= 15 is 0 Å². The van der Waals surface area contributed by atoms with Crippen LogP contribution in [0.2, 0.25) is 0 Å². The lowest BCUT2D eigenvalue weighted by atomic mass is 9.82. The monoisotopic (exact) mass is 373 g/mol. The van der Waals surface area contributed by atoms with Crippen molar-refractivity contribution >= 4 is 40.1 Å². The second-order valence-corrected chi connectivity index (χ2v) is 7.33. The zero-order valence-corrected chi connectivity index (χ0v) is 15.8. The normalized spacial score (nSPS) is 21.0. The molecule has 0 spiro atoms. The Hall–Kier alpha value is -3.61. The Morgan fingerprint density at radius 2 is 1.82 bits per heavy atom. The van der Waals surface area contributed by atoms with E-state index in [0.717, 1.165) is 39.0 Å². The van der Waals surface area contributed by atoms with Crippen LogP contribution >= 0.6 is 0 Å². The number of H-pyrrole nitrogens is 1. The summed E-state index contributed by atoms with van der Waals surface area (Å²) in [6.07, 6.45) is 1.81. The lowest BCUT2D eigenvalue weighted by molar-refractivity contribution is -0.122. The number of benzene rings is 2. The zero-order chi connectivity index (χ0) is 19.6. The maximum atomic E-state index is 13.3. The number of hydrogen-bond acceptors (Lipinski definition) is 4. The number of aliphatic imine (C=N–C) groups is 1. The van der Waals surface area contributed by atoms with E-state index in [1.165, 1.54) is 0 Å². The van der Waals surface area contributed by atoms with Crippen molar-refractivity contribution in [3.8, 4) is 0 Å². The molecule has 3 amide bonds. The first-order chi connectivity index (χ1) is 13.4. The molecule has 2 aliphatic heterocycles. The maximum Gasteiger partial charge on any atom is 0.349 e. The number of rotatable bonds is 1. The Bertz CT molecular complexity index is 1210. The van der Waals surface area contributed by atoms with Gasteiger partial charge in [-0.05, 0) is 43.2 Å². The van der Waals surface area contributed by atoms with E-state index in [1.807, 2.05) is 68.4 Å². The van der Waals surface area contributed by atoms with Crippen molar-refractivity contribution in [2.75, 3.05) is 17.3 Å². The van der Waals surface area contributed by atoms with Crippen molar-refractivity contribution < 1.29 is 9.59 Å². The fraction of sp³-hybridized carbons (Fsp3) is 0.190. The molecule has 0 radical (unpaired) electrons. The van der Waals surface area contributed by atoms with Crippen LogP contribution in [0, 0.1) is 13.8 Å². The van der Waals surface area contributed by atoms with E-state index in [9.17, 15) is 9.59 Å². The summed E-state index contributed by atoms with van der Waals surface area (Å²) >= 11 is 0. The van der Waals surface area contributed by atoms with Gasteiger partial charge in [0, 0.05) is 29.7 Å². The van der Waals surface area contributed by atoms with Gasteiger partial charge in [0.1, 0.15) is 0 Å². The number of carbonyl (C=O) groups excluding carboxylic acids is 2. The Morgan fingerprint density at radius 1 is 1.07 bits per heavy atom. The van der Waals surface area contributed by atoms with Gasteiger partial charge in [0.15, 0.2) is 5.84 Å². The third kappa shape index (κ3) is 2.01. The number of likely N-dealkylation sites (N-methyl/N-ethyl adjacent to an activating group) is 1. The van der Waals surface area contributed by atoms with E-state index in [4.69, 9.17) is 0 Å². The molecule has 2 aliphatic rings. The van der Waals surface area contributed by atoms with Crippen LogP contribution in [0.5, 0.6) is 0 Å². The molecule has 3 aromatic rings. The first-order valence-corrected chi connectivity index (χ1v) is 9.06. The maximum absolute atomic E-state index is 13.3. The number of para-hydroxylation sites is 1. The quantitative estimate of drug-likeness (QED) is 0.611. The van der Waals surface area contributed by atoms with Gasteiger partial charge in [-0.3, -0.25) is 10.1 Å². The molecule has 1 aromatic heterocycles. The highest BCUT2D eigenvalue weighted by Gasteiger charge is 2.54. The number of carbonyl (C=O) groups is 2. The molecule has 0 saturated carbocycles. The van der Waals surface area contributed by atoms with Crippen molar-refractivity contribution in [1.82, 2.24) is 10.3 Å². The predicted molar refractivity (Wildman–Crippen MR) is 109 cm³/mol. The zero-order valence-electron chi connectivity index (χ0n) is 15.8. The molecule has 3 heterocycles. The van der Waals surface area contributed by atoms with E-state index in [1.54, 1.807) is 0 Å². The molecule has 0 aliphatic carbocycles. The number of amides is 3. The topological polar surface area (TPSA) is 89.6 Å². The number of fused-ring (bicyclic) bond motifs is 3. The highest BCUT2D eigenvalue weighted by molar-refractivity contribution is 6.31. The second kappa shape index (κ2) is 5.45. The van der Waals surface area contributed by atoms with Gasteiger partial charge in [0.25, 0.3) is 5.91 Å². The number of urea groups is 1. The predicted octanol–water partition coefficient (Wildman–Crippen LogP) is 3.19. The third-order valence-corrected chi connectivity index (χ3v) is 5.71. The SMILES string of the molecule is Cc1cc2c(cc1C)N(C)C1=NC(=O)NC(=O)C1(c1c[nH]c3ccccc13)N2. The van der Waals surface area contributed by atoms with Gasteiger partial charge in [-0.1, -0.05) is 18.2 Å².